The molecule has 0 aliphatic rings. The average molecular weight is 307 g/mol. The Hall–Kier alpha value is -2.63. The van der Waals surface area contributed by atoms with E-state index in [1.165, 1.54) is 24.3 Å². The number of anilines is 1. The monoisotopic (exact) mass is 307 g/mol. The summed E-state index contributed by atoms with van der Waals surface area (Å²) in [4.78, 5) is -0.180. The van der Waals surface area contributed by atoms with E-state index in [0.717, 1.165) is 12.1 Å². The summed E-state index contributed by atoms with van der Waals surface area (Å²) in [5.41, 5.74) is 5.70. The number of hydrogen-bond acceptors (Lipinski definition) is 5. The number of halogens is 1. The molecule has 0 saturated heterocycles. The van der Waals surface area contributed by atoms with Crippen LogP contribution in [0.4, 0.5) is 10.1 Å². The predicted octanol–water partition coefficient (Wildman–Crippen LogP) is 1.72. The molecule has 0 fully saturated rings. The number of primary sulfonamides is 1. The van der Waals surface area contributed by atoms with Crippen LogP contribution in [0.1, 0.15) is 5.56 Å². The molecule has 0 saturated carbocycles. The molecule has 0 radical (unpaired) electrons. The number of benzene rings is 2. The van der Waals surface area contributed by atoms with Gasteiger partial charge in [-0.05, 0) is 24.3 Å². The summed E-state index contributed by atoms with van der Waals surface area (Å²) in [5.74, 6) is -0.661. The van der Waals surface area contributed by atoms with Crippen molar-refractivity contribution in [2.24, 2.45) is 5.14 Å². The van der Waals surface area contributed by atoms with Crippen molar-refractivity contribution < 1.29 is 17.5 Å². The molecule has 4 N–H and O–H groups in total. The highest BCUT2D eigenvalue weighted by molar-refractivity contribution is 7.89. The fourth-order valence-corrected chi connectivity index (χ4v) is 2.09. The smallest absolute Gasteiger partial charge is 0.238 e. The second-order valence-electron chi connectivity index (χ2n) is 4.10. The molecule has 0 atom stereocenters. The molecule has 2 rings (SSSR count). The van der Waals surface area contributed by atoms with Gasteiger partial charge in [0.1, 0.15) is 17.6 Å². The fraction of sp³-hybridized carbons (Fsp3) is 0. The topological polar surface area (TPSA) is 119 Å². The number of rotatable bonds is 3. The summed E-state index contributed by atoms with van der Waals surface area (Å²) in [5, 5.41) is 13.6. The minimum atomic E-state index is -3.91. The van der Waals surface area contributed by atoms with Gasteiger partial charge in [-0.25, -0.2) is 17.9 Å². The van der Waals surface area contributed by atoms with Crippen molar-refractivity contribution in [3.63, 3.8) is 0 Å². The molecule has 0 aromatic heterocycles. The van der Waals surface area contributed by atoms with E-state index in [9.17, 15) is 12.8 Å². The van der Waals surface area contributed by atoms with E-state index in [1.54, 1.807) is 6.07 Å². The van der Waals surface area contributed by atoms with Gasteiger partial charge in [0.05, 0.1) is 16.1 Å². The van der Waals surface area contributed by atoms with E-state index in [2.05, 4.69) is 0 Å². The fourth-order valence-electron chi connectivity index (χ4n) is 1.56. The molecule has 0 amide bonds. The van der Waals surface area contributed by atoms with Crippen molar-refractivity contribution in [1.82, 2.24) is 0 Å². The van der Waals surface area contributed by atoms with Gasteiger partial charge in [-0.15, -0.1) is 0 Å². The highest BCUT2D eigenvalue weighted by Gasteiger charge is 2.12. The van der Waals surface area contributed by atoms with Crippen LogP contribution in [0.5, 0.6) is 11.5 Å². The van der Waals surface area contributed by atoms with Crippen LogP contribution in [-0.4, -0.2) is 8.42 Å². The maximum Gasteiger partial charge on any atom is 0.238 e. The first-order valence-electron chi connectivity index (χ1n) is 5.61. The van der Waals surface area contributed by atoms with Crippen LogP contribution in [0, 0.1) is 17.1 Å². The van der Waals surface area contributed by atoms with E-state index < -0.39 is 15.8 Å². The highest BCUT2D eigenvalue weighted by Crippen LogP contribution is 2.30. The molecule has 8 heteroatoms. The second kappa shape index (κ2) is 5.40. The molecule has 2 aromatic rings. The first-order valence-corrected chi connectivity index (χ1v) is 7.16. The normalized spacial score (nSPS) is 10.9. The van der Waals surface area contributed by atoms with E-state index >= 15 is 0 Å². The van der Waals surface area contributed by atoms with Crippen molar-refractivity contribution in [3.8, 4) is 17.6 Å². The SMILES string of the molecule is N#Cc1ccc(Oc2cc(S(N)(=O)=O)ccc2N)cc1F. The van der Waals surface area contributed by atoms with Gasteiger partial charge in [0, 0.05) is 12.1 Å². The van der Waals surface area contributed by atoms with Gasteiger partial charge in [0.2, 0.25) is 10.0 Å². The Morgan fingerprint density at radius 1 is 1.19 bits per heavy atom. The molecule has 0 heterocycles. The Bertz CT molecular complexity index is 844. The van der Waals surface area contributed by atoms with Crippen molar-refractivity contribution >= 4 is 15.7 Å². The zero-order valence-electron chi connectivity index (χ0n) is 10.6. The average Bonchev–Trinajstić information content (AvgIpc) is 2.40. The molecule has 21 heavy (non-hydrogen) atoms. The van der Waals surface area contributed by atoms with Crippen molar-refractivity contribution in [2.75, 3.05) is 5.73 Å². The van der Waals surface area contributed by atoms with Crippen LogP contribution in [0.2, 0.25) is 0 Å². The Labute approximate surface area is 120 Å². The van der Waals surface area contributed by atoms with Crippen LogP contribution in [-0.2, 0) is 10.0 Å². The standard InChI is InChI=1S/C13H10FN3O3S/c14-11-5-9(2-1-8(11)7-15)20-13-6-10(21(17,18)19)3-4-12(13)16/h1-6H,16H2,(H2,17,18,19). The number of nitrogens with two attached hydrogens (primary N) is 2. The van der Waals surface area contributed by atoms with Gasteiger partial charge in [-0.2, -0.15) is 5.26 Å². The van der Waals surface area contributed by atoms with E-state index in [1.807, 2.05) is 0 Å². The number of hydrogen-bond donors (Lipinski definition) is 2. The number of ether oxygens (including phenoxy) is 1. The van der Waals surface area contributed by atoms with Crippen molar-refractivity contribution in [1.29, 1.82) is 5.26 Å². The van der Waals surface area contributed by atoms with Crippen LogP contribution >= 0.6 is 0 Å². The molecular formula is C13H10FN3O3S. The molecule has 0 bridgehead atoms. The lowest BCUT2D eigenvalue weighted by Crippen LogP contribution is -2.12. The zero-order valence-corrected chi connectivity index (χ0v) is 11.4. The molecule has 2 aromatic carbocycles. The summed E-state index contributed by atoms with van der Waals surface area (Å²) in [6.07, 6.45) is 0. The maximum atomic E-state index is 13.5. The molecule has 0 aliphatic heterocycles. The number of nitrogens with zero attached hydrogens (tertiary/aromatic N) is 1. The quantitative estimate of drug-likeness (QED) is 0.837. The molecule has 0 aliphatic carbocycles. The van der Waals surface area contributed by atoms with Gasteiger partial charge in [-0.1, -0.05) is 0 Å². The van der Waals surface area contributed by atoms with Gasteiger partial charge < -0.3 is 10.5 Å². The predicted molar refractivity (Wildman–Crippen MR) is 73.4 cm³/mol. The molecule has 108 valence electrons. The van der Waals surface area contributed by atoms with Gasteiger partial charge in [0.25, 0.3) is 0 Å². The Balaban J connectivity index is 2.40. The lowest BCUT2D eigenvalue weighted by molar-refractivity contribution is 0.477. The lowest BCUT2D eigenvalue weighted by atomic mass is 10.2. The largest absolute Gasteiger partial charge is 0.455 e. The van der Waals surface area contributed by atoms with E-state index in [0.29, 0.717) is 0 Å². The van der Waals surface area contributed by atoms with Crippen LogP contribution in [0.3, 0.4) is 0 Å². The minimum absolute atomic E-state index is 0.0191. The highest BCUT2D eigenvalue weighted by atomic mass is 32.2. The van der Waals surface area contributed by atoms with E-state index in [4.69, 9.17) is 20.9 Å². The van der Waals surface area contributed by atoms with Crippen LogP contribution < -0.4 is 15.6 Å². The second-order valence-corrected chi connectivity index (χ2v) is 5.66. The summed E-state index contributed by atoms with van der Waals surface area (Å²) >= 11 is 0. The van der Waals surface area contributed by atoms with E-state index in [-0.39, 0.29) is 27.6 Å². The Morgan fingerprint density at radius 2 is 1.90 bits per heavy atom. The lowest BCUT2D eigenvalue weighted by Gasteiger charge is -2.10. The van der Waals surface area contributed by atoms with Crippen LogP contribution in [0.15, 0.2) is 41.3 Å². The number of nitriles is 1. The summed E-state index contributed by atoms with van der Waals surface area (Å²) in [7, 11) is -3.91. The third-order valence-electron chi connectivity index (χ3n) is 2.60. The summed E-state index contributed by atoms with van der Waals surface area (Å²) in [6.45, 7) is 0. The Morgan fingerprint density at radius 3 is 2.48 bits per heavy atom. The molecule has 0 unspecified atom stereocenters. The van der Waals surface area contributed by atoms with Gasteiger partial charge in [-0.3, -0.25) is 0 Å². The molecule has 6 nitrogen and oxygen atoms in total. The summed E-state index contributed by atoms with van der Waals surface area (Å²) < 4.78 is 41.3. The zero-order chi connectivity index (χ0) is 15.6. The maximum absolute atomic E-state index is 13.5. The number of sulfonamides is 1. The first-order chi connectivity index (χ1) is 9.81. The number of nitrogen functional groups attached to an aromatic ring is 1. The van der Waals surface area contributed by atoms with Crippen LogP contribution in [0.25, 0.3) is 0 Å². The summed E-state index contributed by atoms with van der Waals surface area (Å²) in [6, 6.07) is 8.97. The van der Waals surface area contributed by atoms with Crippen molar-refractivity contribution in [2.45, 2.75) is 4.90 Å². The molecule has 0 spiro atoms. The first kappa shape index (κ1) is 14.8. The van der Waals surface area contributed by atoms with Gasteiger partial charge >= 0.3 is 0 Å². The van der Waals surface area contributed by atoms with Gasteiger partial charge in [0.15, 0.2) is 5.75 Å². The van der Waals surface area contributed by atoms with Crippen molar-refractivity contribution in [3.05, 3.63) is 47.8 Å². The third kappa shape index (κ3) is 3.28. The third-order valence-corrected chi connectivity index (χ3v) is 3.51. The Kier molecular flexibility index (Phi) is 3.80. The minimum Gasteiger partial charge on any atom is -0.455 e. The molecular weight excluding hydrogens is 297 g/mol.